The molecule has 4 rings (SSSR count). The quantitative estimate of drug-likeness (QED) is 0.598. The Morgan fingerprint density at radius 1 is 0.826 bits per heavy atom. The molecular formula is C18H15N5. The number of hydrogen-bond donors (Lipinski definition) is 2. The molecule has 5 nitrogen and oxygen atoms in total. The topological polar surface area (TPSA) is 66.5 Å². The number of H-pyrrole nitrogens is 1. The van der Waals surface area contributed by atoms with Gasteiger partial charge in [0, 0.05) is 11.3 Å². The molecule has 2 aromatic heterocycles. The zero-order valence-electron chi connectivity index (χ0n) is 12.6. The molecule has 112 valence electrons. The molecule has 0 aliphatic heterocycles. The van der Waals surface area contributed by atoms with Crippen molar-refractivity contribution in [1.29, 1.82) is 0 Å². The van der Waals surface area contributed by atoms with Crippen molar-refractivity contribution in [2.24, 2.45) is 0 Å². The molecule has 2 aromatic carbocycles. The fourth-order valence-corrected chi connectivity index (χ4v) is 2.48. The molecule has 2 N–H and O–H groups in total. The predicted octanol–water partition coefficient (Wildman–Crippen LogP) is 4.07. The van der Waals surface area contributed by atoms with E-state index in [0.29, 0.717) is 11.5 Å². The van der Waals surface area contributed by atoms with Crippen LogP contribution in [0, 0.1) is 6.92 Å². The summed E-state index contributed by atoms with van der Waals surface area (Å²) in [6, 6.07) is 19.9. The van der Waals surface area contributed by atoms with Crippen LogP contribution in [0.15, 0.2) is 60.7 Å². The number of aromatic nitrogens is 4. The number of aryl methyl sites for hydroxylation is 1. The molecule has 23 heavy (non-hydrogen) atoms. The Morgan fingerprint density at radius 3 is 2.26 bits per heavy atom. The highest BCUT2D eigenvalue weighted by Crippen LogP contribution is 2.25. The number of hydrogen-bond acceptors (Lipinski definition) is 4. The Balaban J connectivity index is 1.87. The number of imidazole rings is 1. The molecule has 5 heteroatoms. The summed E-state index contributed by atoms with van der Waals surface area (Å²) >= 11 is 0. The third kappa shape index (κ3) is 2.64. The lowest BCUT2D eigenvalue weighted by Gasteiger charge is -2.08. The monoisotopic (exact) mass is 301 g/mol. The van der Waals surface area contributed by atoms with E-state index in [-0.39, 0.29) is 0 Å². The van der Waals surface area contributed by atoms with Crippen LogP contribution in [0.2, 0.25) is 0 Å². The van der Waals surface area contributed by atoms with Crippen molar-refractivity contribution in [3.63, 3.8) is 0 Å². The van der Waals surface area contributed by atoms with E-state index in [4.69, 9.17) is 0 Å². The number of nitrogens with one attached hydrogen (secondary N) is 2. The molecule has 0 atom stereocenters. The summed E-state index contributed by atoms with van der Waals surface area (Å²) in [4.78, 5) is 16.9. The van der Waals surface area contributed by atoms with Gasteiger partial charge in [-0.25, -0.2) is 15.0 Å². The van der Waals surface area contributed by atoms with Gasteiger partial charge in [-0.15, -0.1) is 0 Å². The van der Waals surface area contributed by atoms with Crippen LogP contribution >= 0.6 is 0 Å². The number of fused-ring (bicyclic) bond motifs is 1. The van der Waals surface area contributed by atoms with Crippen LogP contribution in [-0.4, -0.2) is 19.9 Å². The van der Waals surface area contributed by atoms with E-state index in [2.05, 4.69) is 25.3 Å². The normalized spacial score (nSPS) is 10.8. The zero-order valence-corrected chi connectivity index (χ0v) is 12.6. The standard InChI is InChI=1S/C18H15N5/c1-12-19-15-17(20-12)22-16(13-8-4-2-5-9-13)23-18(15)21-14-10-6-3-7-11-14/h2-11H,1H3,(H2,19,20,21,22,23). The van der Waals surface area contributed by atoms with E-state index in [1.54, 1.807) is 0 Å². The van der Waals surface area contributed by atoms with E-state index >= 15 is 0 Å². The Hall–Kier alpha value is -3.21. The first-order valence-corrected chi connectivity index (χ1v) is 7.41. The molecule has 0 aliphatic carbocycles. The molecule has 2 heterocycles. The second-order valence-corrected chi connectivity index (χ2v) is 5.27. The number of benzene rings is 2. The first-order valence-electron chi connectivity index (χ1n) is 7.41. The van der Waals surface area contributed by atoms with Gasteiger partial charge in [-0.1, -0.05) is 48.5 Å². The Bertz CT molecular complexity index is 945. The minimum absolute atomic E-state index is 0.656. The van der Waals surface area contributed by atoms with Crippen LogP contribution < -0.4 is 5.32 Å². The molecule has 0 unspecified atom stereocenters. The summed E-state index contributed by atoms with van der Waals surface area (Å²) in [6.45, 7) is 1.91. The average Bonchev–Trinajstić information content (AvgIpc) is 2.97. The van der Waals surface area contributed by atoms with Crippen LogP contribution in [0.25, 0.3) is 22.6 Å². The minimum atomic E-state index is 0.656. The largest absolute Gasteiger partial charge is 0.338 e. The number of nitrogens with zero attached hydrogens (tertiary/aromatic N) is 3. The van der Waals surface area contributed by atoms with Crippen molar-refractivity contribution in [1.82, 2.24) is 19.9 Å². The van der Waals surface area contributed by atoms with Crippen LogP contribution in [0.3, 0.4) is 0 Å². The second kappa shape index (κ2) is 5.53. The van der Waals surface area contributed by atoms with Gasteiger partial charge < -0.3 is 10.3 Å². The van der Waals surface area contributed by atoms with Gasteiger partial charge in [0.2, 0.25) is 0 Å². The van der Waals surface area contributed by atoms with Crippen molar-refractivity contribution in [2.75, 3.05) is 5.32 Å². The van der Waals surface area contributed by atoms with Gasteiger partial charge in [-0.05, 0) is 19.1 Å². The van der Waals surface area contributed by atoms with Crippen LogP contribution in [0.5, 0.6) is 0 Å². The molecule has 0 saturated carbocycles. The summed E-state index contributed by atoms with van der Waals surface area (Å²) in [5, 5.41) is 3.35. The second-order valence-electron chi connectivity index (χ2n) is 5.27. The van der Waals surface area contributed by atoms with Crippen molar-refractivity contribution in [3.8, 4) is 11.4 Å². The van der Waals surface area contributed by atoms with Gasteiger partial charge in [0.25, 0.3) is 0 Å². The number of rotatable bonds is 3. The highest BCUT2D eigenvalue weighted by Gasteiger charge is 2.12. The molecule has 0 saturated heterocycles. The molecule has 0 spiro atoms. The lowest BCUT2D eigenvalue weighted by atomic mass is 10.2. The maximum atomic E-state index is 4.69. The van der Waals surface area contributed by atoms with Crippen LogP contribution in [0.4, 0.5) is 11.5 Å². The van der Waals surface area contributed by atoms with Crippen LogP contribution in [0.1, 0.15) is 5.82 Å². The van der Waals surface area contributed by atoms with Gasteiger partial charge in [0.05, 0.1) is 0 Å². The summed E-state index contributed by atoms with van der Waals surface area (Å²) in [7, 11) is 0. The fourth-order valence-electron chi connectivity index (χ4n) is 2.48. The van der Waals surface area contributed by atoms with Gasteiger partial charge >= 0.3 is 0 Å². The first kappa shape index (κ1) is 13.5. The molecule has 0 aliphatic rings. The maximum absolute atomic E-state index is 4.69. The van der Waals surface area contributed by atoms with Crippen molar-refractivity contribution < 1.29 is 0 Å². The molecule has 0 bridgehead atoms. The van der Waals surface area contributed by atoms with E-state index < -0.39 is 0 Å². The predicted molar refractivity (Wildman–Crippen MR) is 91.6 cm³/mol. The first-order chi connectivity index (χ1) is 11.3. The van der Waals surface area contributed by atoms with E-state index in [9.17, 15) is 0 Å². The van der Waals surface area contributed by atoms with Crippen molar-refractivity contribution in [3.05, 3.63) is 66.5 Å². The van der Waals surface area contributed by atoms with Gasteiger partial charge in [0.1, 0.15) is 11.3 Å². The third-order valence-corrected chi connectivity index (χ3v) is 3.54. The van der Waals surface area contributed by atoms with Gasteiger partial charge in [-0.3, -0.25) is 0 Å². The summed E-state index contributed by atoms with van der Waals surface area (Å²) < 4.78 is 0. The summed E-state index contributed by atoms with van der Waals surface area (Å²) in [5.74, 6) is 2.19. The van der Waals surface area contributed by atoms with Crippen molar-refractivity contribution in [2.45, 2.75) is 6.92 Å². The van der Waals surface area contributed by atoms with Crippen LogP contribution in [-0.2, 0) is 0 Å². The van der Waals surface area contributed by atoms with Crippen molar-refractivity contribution >= 4 is 22.7 Å². The smallest absolute Gasteiger partial charge is 0.183 e. The maximum Gasteiger partial charge on any atom is 0.183 e. The summed E-state index contributed by atoms with van der Waals surface area (Å²) in [5.41, 5.74) is 3.41. The Kier molecular flexibility index (Phi) is 3.24. The Morgan fingerprint density at radius 2 is 1.52 bits per heavy atom. The van der Waals surface area contributed by atoms with Gasteiger partial charge in [-0.2, -0.15) is 0 Å². The van der Waals surface area contributed by atoms with E-state index in [1.807, 2.05) is 67.6 Å². The zero-order chi connectivity index (χ0) is 15.6. The number of aromatic amines is 1. The lowest BCUT2D eigenvalue weighted by molar-refractivity contribution is 1.16. The SMILES string of the molecule is Cc1nc2nc(-c3ccccc3)nc(Nc3ccccc3)c2[nH]1. The molecule has 0 fully saturated rings. The van der Waals surface area contributed by atoms with E-state index in [1.165, 1.54) is 0 Å². The minimum Gasteiger partial charge on any atom is -0.338 e. The summed E-state index contributed by atoms with van der Waals surface area (Å²) in [6.07, 6.45) is 0. The Labute approximate surface area is 133 Å². The highest BCUT2D eigenvalue weighted by atomic mass is 15.1. The molecule has 4 aromatic rings. The lowest BCUT2D eigenvalue weighted by Crippen LogP contribution is -1.99. The fraction of sp³-hybridized carbons (Fsp3) is 0.0556. The average molecular weight is 301 g/mol. The van der Waals surface area contributed by atoms with E-state index in [0.717, 1.165) is 28.4 Å². The number of anilines is 2. The third-order valence-electron chi connectivity index (χ3n) is 3.54. The molecular weight excluding hydrogens is 286 g/mol. The number of para-hydroxylation sites is 1. The van der Waals surface area contributed by atoms with Gasteiger partial charge in [0.15, 0.2) is 17.3 Å². The highest BCUT2D eigenvalue weighted by molar-refractivity contribution is 5.87. The molecule has 0 radical (unpaired) electrons. The molecule has 0 amide bonds.